The lowest BCUT2D eigenvalue weighted by Crippen LogP contribution is -2.42. The van der Waals surface area contributed by atoms with Gasteiger partial charge < -0.3 is 14.4 Å². The minimum absolute atomic E-state index is 0.195. The fourth-order valence-electron chi connectivity index (χ4n) is 2.15. The third-order valence-electron chi connectivity index (χ3n) is 3.51. The van der Waals surface area contributed by atoms with Gasteiger partial charge in [0.15, 0.2) is 12.3 Å². The highest BCUT2D eigenvalue weighted by molar-refractivity contribution is 5.89. The van der Waals surface area contributed by atoms with Crippen molar-refractivity contribution in [3.05, 3.63) is 17.5 Å². The van der Waals surface area contributed by atoms with E-state index in [0.717, 1.165) is 18.5 Å². The van der Waals surface area contributed by atoms with Gasteiger partial charge in [-0.2, -0.15) is 5.10 Å². The third-order valence-corrected chi connectivity index (χ3v) is 3.51. The molecule has 2 heterocycles. The summed E-state index contributed by atoms with van der Waals surface area (Å²) in [6.45, 7) is 1.91. The Hall–Kier alpha value is -1.89. The van der Waals surface area contributed by atoms with Crippen LogP contribution in [0.3, 0.4) is 0 Å². The number of nitrogens with zero attached hydrogens (tertiary/aromatic N) is 2. The second-order valence-corrected chi connectivity index (χ2v) is 5.05. The molecule has 1 N–H and O–H groups in total. The molecular weight excluding hydrogens is 262 g/mol. The van der Waals surface area contributed by atoms with Gasteiger partial charge in [0.05, 0.1) is 13.2 Å². The van der Waals surface area contributed by atoms with E-state index in [2.05, 4.69) is 10.2 Å². The van der Waals surface area contributed by atoms with Crippen molar-refractivity contribution in [3.63, 3.8) is 0 Å². The molecule has 20 heavy (non-hydrogen) atoms. The minimum atomic E-state index is -0.560. The van der Waals surface area contributed by atoms with Crippen molar-refractivity contribution in [1.82, 2.24) is 15.1 Å². The van der Waals surface area contributed by atoms with E-state index in [1.165, 1.54) is 0 Å². The van der Waals surface area contributed by atoms with E-state index >= 15 is 0 Å². The largest absolute Gasteiger partial charge is 0.451 e. The maximum absolute atomic E-state index is 11.8. The van der Waals surface area contributed by atoms with Crippen LogP contribution >= 0.6 is 0 Å². The van der Waals surface area contributed by atoms with E-state index in [-0.39, 0.29) is 18.2 Å². The van der Waals surface area contributed by atoms with Crippen LogP contribution in [0, 0.1) is 0 Å². The highest BCUT2D eigenvalue weighted by Gasteiger charge is 2.27. The van der Waals surface area contributed by atoms with Gasteiger partial charge in [-0.1, -0.05) is 0 Å². The Morgan fingerprint density at radius 3 is 2.85 bits per heavy atom. The van der Waals surface area contributed by atoms with Crippen LogP contribution in [0.25, 0.3) is 0 Å². The molecule has 2 fully saturated rings. The number of hydrogen-bond donors (Lipinski definition) is 1. The number of nitrogens with one attached hydrogen (secondary N) is 1. The number of ether oxygens (including phenoxy) is 2. The van der Waals surface area contributed by atoms with Gasteiger partial charge in [-0.3, -0.25) is 9.89 Å². The Bertz CT molecular complexity index is 503. The number of morpholine rings is 1. The lowest BCUT2D eigenvalue weighted by atomic mass is 10.3. The number of aromatic nitrogens is 2. The van der Waals surface area contributed by atoms with Gasteiger partial charge in [-0.15, -0.1) is 0 Å². The molecule has 1 aliphatic carbocycles. The first kappa shape index (κ1) is 13.1. The summed E-state index contributed by atoms with van der Waals surface area (Å²) in [6, 6.07) is 1.71. The van der Waals surface area contributed by atoms with Crippen LogP contribution in [-0.4, -0.2) is 59.9 Å². The van der Waals surface area contributed by atoms with Crippen molar-refractivity contribution in [2.45, 2.75) is 18.8 Å². The molecule has 7 nitrogen and oxygen atoms in total. The average molecular weight is 279 g/mol. The Kier molecular flexibility index (Phi) is 3.68. The predicted octanol–water partition coefficient (Wildman–Crippen LogP) is 0.303. The maximum Gasteiger partial charge on any atom is 0.359 e. The van der Waals surface area contributed by atoms with E-state index in [1.54, 1.807) is 11.0 Å². The minimum Gasteiger partial charge on any atom is -0.451 e. The monoisotopic (exact) mass is 279 g/mol. The maximum atomic E-state index is 11.8. The molecule has 0 bridgehead atoms. The van der Waals surface area contributed by atoms with Gasteiger partial charge in [-0.05, 0) is 18.9 Å². The van der Waals surface area contributed by atoms with Crippen LogP contribution in [0.1, 0.15) is 34.9 Å². The SMILES string of the molecule is O=C(OCC(=O)N1CCOCC1)c1cc(C2CC2)[nH]n1. The van der Waals surface area contributed by atoms with Gasteiger partial charge in [0.2, 0.25) is 0 Å². The van der Waals surface area contributed by atoms with E-state index in [9.17, 15) is 9.59 Å². The lowest BCUT2D eigenvalue weighted by Gasteiger charge is -2.26. The number of aromatic amines is 1. The van der Waals surface area contributed by atoms with Gasteiger partial charge in [0, 0.05) is 24.7 Å². The van der Waals surface area contributed by atoms with Crippen LogP contribution in [0.5, 0.6) is 0 Å². The molecule has 0 radical (unpaired) electrons. The molecule has 0 spiro atoms. The predicted molar refractivity (Wildman–Crippen MR) is 68.2 cm³/mol. The summed E-state index contributed by atoms with van der Waals surface area (Å²) in [5.74, 6) is -0.256. The Morgan fingerprint density at radius 2 is 2.15 bits per heavy atom. The first-order valence-corrected chi connectivity index (χ1v) is 6.82. The summed E-state index contributed by atoms with van der Waals surface area (Å²) in [5, 5.41) is 6.76. The first-order valence-electron chi connectivity index (χ1n) is 6.82. The van der Waals surface area contributed by atoms with Crippen LogP contribution < -0.4 is 0 Å². The number of carbonyl (C=O) groups excluding carboxylic acids is 2. The molecule has 7 heteroatoms. The van der Waals surface area contributed by atoms with Crippen molar-refractivity contribution in [2.75, 3.05) is 32.9 Å². The van der Waals surface area contributed by atoms with Crippen LogP contribution in [0.2, 0.25) is 0 Å². The number of hydrogen-bond acceptors (Lipinski definition) is 5. The Morgan fingerprint density at radius 1 is 1.40 bits per heavy atom. The van der Waals surface area contributed by atoms with Crippen molar-refractivity contribution < 1.29 is 19.1 Å². The molecule has 1 saturated carbocycles. The van der Waals surface area contributed by atoms with Crippen molar-refractivity contribution in [2.24, 2.45) is 0 Å². The highest BCUT2D eigenvalue weighted by Crippen LogP contribution is 2.38. The van der Waals surface area contributed by atoms with Crippen LogP contribution in [-0.2, 0) is 14.3 Å². The lowest BCUT2D eigenvalue weighted by molar-refractivity contribution is -0.138. The number of amides is 1. The zero-order valence-corrected chi connectivity index (χ0v) is 11.1. The second kappa shape index (κ2) is 5.62. The van der Waals surface area contributed by atoms with Crippen molar-refractivity contribution in [3.8, 4) is 0 Å². The molecule has 0 unspecified atom stereocenters. The third kappa shape index (κ3) is 2.98. The number of H-pyrrole nitrogens is 1. The van der Waals surface area contributed by atoms with Crippen LogP contribution in [0.4, 0.5) is 0 Å². The van der Waals surface area contributed by atoms with Crippen molar-refractivity contribution in [1.29, 1.82) is 0 Å². The summed E-state index contributed by atoms with van der Waals surface area (Å²) in [6.07, 6.45) is 2.26. The normalized spacial score (nSPS) is 18.9. The molecule has 3 rings (SSSR count). The standard InChI is InChI=1S/C13H17N3O4/c17-12(16-3-5-19-6-4-16)8-20-13(18)11-7-10(14-15-11)9-1-2-9/h7,9H,1-6,8H2,(H,14,15). The summed E-state index contributed by atoms with van der Waals surface area (Å²) in [4.78, 5) is 25.2. The zero-order valence-electron chi connectivity index (χ0n) is 11.1. The molecule has 1 aliphatic heterocycles. The molecule has 1 saturated heterocycles. The molecule has 0 atom stereocenters. The van der Waals surface area contributed by atoms with Gasteiger partial charge >= 0.3 is 5.97 Å². The molecule has 1 aromatic rings. The topological polar surface area (TPSA) is 84.5 Å². The van der Waals surface area contributed by atoms with Gasteiger partial charge in [0.25, 0.3) is 5.91 Å². The fourth-order valence-corrected chi connectivity index (χ4v) is 2.15. The van der Waals surface area contributed by atoms with Crippen LogP contribution in [0.15, 0.2) is 6.07 Å². The first-order chi connectivity index (χ1) is 9.74. The number of esters is 1. The molecule has 1 aromatic heterocycles. The quantitative estimate of drug-likeness (QED) is 0.801. The summed E-state index contributed by atoms with van der Waals surface area (Å²) >= 11 is 0. The molecule has 1 amide bonds. The molecule has 108 valence electrons. The van der Waals surface area contributed by atoms with Gasteiger partial charge in [0.1, 0.15) is 0 Å². The van der Waals surface area contributed by atoms with Gasteiger partial charge in [-0.25, -0.2) is 4.79 Å². The Balaban J connectivity index is 1.49. The Labute approximate surface area is 116 Å². The molecule has 0 aromatic carbocycles. The number of carbonyl (C=O) groups is 2. The van der Waals surface area contributed by atoms with E-state index in [1.807, 2.05) is 0 Å². The fraction of sp³-hybridized carbons (Fsp3) is 0.615. The highest BCUT2D eigenvalue weighted by atomic mass is 16.5. The average Bonchev–Trinajstić information content (AvgIpc) is 3.22. The second-order valence-electron chi connectivity index (χ2n) is 5.05. The zero-order chi connectivity index (χ0) is 13.9. The van der Waals surface area contributed by atoms with E-state index in [0.29, 0.717) is 32.2 Å². The van der Waals surface area contributed by atoms with E-state index in [4.69, 9.17) is 9.47 Å². The summed E-state index contributed by atoms with van der Waals surface area (Å²) < 4.78 is 10.2. The number of rotatable bonds is 4. The van der Waals surface area contributed by atoms with E-state index < -0.39 is 5.97 Å². The summed E-state index contributed by atoms with van der Waals surface area (Å²) in [7, 11) is 0. The summed E-state index contributed by atoms with van der Waals surface area (Å²) in [5.41, 5.74) is 1.21. The molecular formula is C13H17N3O4. The van der Waals surface area contributed by atoms with Crippen molar-refractivity contribution >= 4 is 11.9 Å². The molecule has 2 aliphatic rings. The smallest absolute Gasteiger partial charge is 0.359 e.